The topological polar surface area (TPSA) is 35.2 Å². The first-order valence-electron chi connectivity index (χ1n) is 3.81. The summed E-state index contributed by atoms with van der Waals surface area (Å²) < 4.78 is 0. The zero-order chi connectivity index (χ0) is 7.40. The molecule has 1 rings (SSSR count). The maximum atomic E-state index is 5.09. The maximum Gasteiger partial charge on any atom is 0.0877 e. The van der Waals surface area contributed by atoms with E-state index in [1.807, 2.05) is 18.7 Å². The summed E-state index contributed by atoms with van der Waals surface area (Å²) in [6.45, 7) is 2.04. The molecule has 0 aliphatic carbocycles. The van der Waals surface area contributed by atoms with Gasteiger partial charge >= 0.3 is 0 Å². The molecular formula is C7H15NOS. The van der Waals surface area contributed by atoms with E-state index in [1.165, 1.54) is 25.0 Å². The zero-order valence-corrected chi connectivity index (χ0v) is 7.19. The molecule has 1 aliphatic heterocycles. The third-order valence-electron chi connectivity index (χ3n) is 1.95. The van der Waals surface area contributed by atoms with Gasteiger partial charge in [0.2, 0.25) is 0 Å². The van der Waals surface area contributed by atoms with Gasteiger partial charge < -0.3 is 4.84 Å². The Morgan fingerprint density at radius 2 is 2.40 bits per heavy atom. The van der Waals surface area contributed by atoms with Gasteiger partial charge in [-0.05, 0) is 25.5 Å². The molecule has 1 fully saturated rings. The summed E-state index contributed by atoms with van der Waals surface area (Å²) in [4.78, 5) is 4.77. The van der Waals surface area contributed by atoms with E-state index in [0.29, 0.717) is 5.25 Å². The molecule has 0 amide bonds. The lowest BCUT2D eigenvalue weighted by atomic mass is 10.1. The van der Waals surface area contributed by atoms with Crippen molar-refractivity contribution >= 4 is 11.8 Å². The average Bonchev–Trinajstić information content (AvgIpc) is 2.05. The van der Waals surface area contributed by atoms with Crippen LogP contribution in [0.5, 0.6) is 0 Å². The van der Waals surface area contributed by atoms with Gasteiger partial charge in [-0.1, -0.05) is 6.42 Å². The minimum absolute atomic E-state index is 0.227. The zero-order valence-electron chi connectivity index (χ0n) is 6.38. The lowest BCUT2D eigenvalue weighted by Crippen LogP contribution is -2.28. The van der Waals surface area contributed by atoms with Crippen LogP contribution in [0.1, 0.15) is 26.2 Å². The Balaban J connectivity index is 2.24. The molecule has 2 N–H and O–H groups in total. The van der Waals surface area contributed by atoms with Crippen molar-refractivity contribution in [3.63, 3.8) is 0 Å². The van der Waals surface area contributed by atoms with Crippen molar-refractivity contribution in [1.29, 1.82) is 0 Å². The highest BCUT2D eigenvalue weighted by Crippen LogP contribution is 2.27. The number of nitrogens with two attached hydrogens (primary N) is 1. The van der Waals surface area contributed by atoms with Crippen molar-refractivity contribution < 1.29 is 4.84 Å². The molecule has 0 saturated carbocycles. The monoisotopic (exact) mass is 161 g/mol. The Bertz CT molecular complexity index is 93.6. The Morgan fingerprint density at radius 1 is 1.60 bits per heavy atom. The van der Waals surface area contributed by atoms with E-state index in [4.69, 9.17) is 10.7 Å². The van der Waals surface area contributed by atoms with Crippen LogP contribution in [0.4, 0.5) is 0 Å². The average molecular weight is 161 g/mol. The van der Waals surface area contributed by atoms with Gasteiger partial charge in [-0.3, -0.25) is 0 Å². The molecular weight excluding hydrogens is 146 g/mol. The SMILES string of the molecule is CC(ON)C1CCCCS1. The Labute approximate surface area is 66.5 Å². The van der Waals surface area contributed by atoms with E-state index in [1.54, 1.807) is 0 Å². The molecule has 1 aliphatic rings. The fourth-order valence-electron chi connectivity index (χ4n) is 1.22. The van der Waals surface area contributed by atoms with E-state index in [9.17, 15) is 0 Å². The van der Waals surface area contributed by atoms with Gasteiger partial charge in [0, 0.05) is 5.25 Å². The minimum Gasteiger partial charge on any atom is -0.300 e. The highest BCUT2D eigenvalue weighted by molar-refractivity contribution is 8.00. The quantitative estimate of drug-likeness (QED) is 0.624. The summed E-state index contributed by atoms with van der Waals surface area (Å²) in [7, 11) is 0. The number of hydrogen-bond donors (Lipinski definition) is 1. The highest BCUT2D eigenvalue weighted by atomic mass is 32.2. The second kappa shape index (κ2) is 4.21. The lowest BCUT2D eigenvalue weighted by Gasteiger charge is -2.25. The van der Waals surface area contributed by atoms with Crippen molar-refractivity contribution in [3.05, 3.63) is 0 Å². The van der Waals surface area contributed by atoms with Crippen LogP contribution in [0.3, 0.4) is 0 Å². The lowest BCUT2D eigenvalue weighted by molar-refractivity contribution is 0.0625. The molecule has 0 aromatic rings. The number of thioether (sulfide) groups is 1. The van der Waals surface area contributed by atoms with Gasteiger partial charge in [-0.25, -0.2) is 5.90 Å². The molecule has 1 saturated heterocycles. The van der Waals surface area contributed by atoms with Crippen molar-refractivity contribution in [2.45, 2.75) is 37.5 Å². The van der Waals surface area contributed by atoms with E-state index in [2.05, 4.69) is 0 Å². The summed E-state index contributed by atoms with van der Waals surface area (Å²) in [6, 6.07) is 0. The second-order valence-corrected chi connectivity index (χ2v) is 4.09. The fourth-order valence-corrected chi connectivity index (χ4v) is 2.57. The summed E-state index contributed by atoms with van der Waals surface area (Å²) >= 11 is 1.99. The van der Waals surface area contributed by atoms with Crippen LogP contribution in [-0.4, -0.2) is 17.1 Å². The predicted octanol–water partition coefficient (Wildman–Crippen LogP) is 1.55. The van der Waals surface area contributed by atoms with Crippen molar-refractivity contribution in [3.8, 4) is 0 Å². The van der Waals surface area contributed by atoms with Crippen LogP contribution in [0.25, 0.3) is 0 Å². The van der Waals surface area contributed by atoms with Gasteiger partial charge in [0.1, 0.15) is 0 Å². The molecule has 0 aromatic heterocycles. The molecule has 10 heavy (non-hydrogen) atoms. The largest absolute Gasteiger partial charge is 0.300 e. The van der Waals surface area contributed by atoms with Crippen LogP contribution in [0.2, 0.25) is 0 Å². The maximum absolute atomic E-state index is 5.09. The molecule has 0 bridgehead atoms. The van der Waals surface area contributed by atoms with Crippen LogP contribution in [0, 0.1) is 0 Å². The van der Waals surface area contributed by atoms with Crippen LogP contribution >= 0.6 is 11.8 Å². The molecule has 2 nitrogen and oxygen atoms in total. The van der Waals surface area contributed by atoms with Gasteiger partial charge in [-0.2, -0.15) is 11.8 Å². The van der Waals surface area contributed by atoms with Crippen molar-refractivity contribution in [1.82, 2.24) is 0 Å². The normalized spacial score (nSPS) is 30.0. The molecule has 2 unspecified atom stereocenters. The summed E-state index contributed by atoms with van der Waals surface area (Å²) in [5, 5.41) is 0.638. The summed E-state index contributed by atoms with van der Waals surface area (Å²) in [6.07, 6.45) is 4.19. The first-order chi connectivity index (χ1) is 4.84. The smallest absolute Gasteiger partial charge is 0.0877 e. The van der Waals surface area contributed by atoms with E-state index < -0.39 is 0 Å². The van der Waals surface area contributed by atoms with Gasteiger partial charge in [0.05, 0.1) is 6.10 Å². The molecule has 0 radical (unpaired) electrons. The Morgan fingerprint density at radius 3 is 2.90 bits per heavy atom. The second-order valence-electron chi connectivity index (χ2n) is 2.75. The fraction of sp³-hybridized carbons (Fsp3) is 1.00. The molecule has 0 aromatic carbocycles. The molecule has 1 heterocycles. The third-order valence-corrected chi connectivity index (χ3v) is 3.52. The van der Waals surface area contributed by atoms with Gasteiger partial charge in [0.25, 0.3) is 0 Å². The van der Waals surface area contributed by atoms with Crippen molar-refractivity contribution in [2.75, 3.05) is 5.75 Å². The number of hydrogen-bond acceptors (Lipinski definition) is 3. The van der Waals surface area contributed by atoms with Gasteiger partial charge in [-0.15, -0.1) is 0 Å². The summed E-state index contributed by atoms with van der Waals surface area (Å²) in [5.74, 6) is 6.37. The summed E-state index contributed by atoms with van der Waals surface area (Å²) in [5.41, 5.74) is 0. The highest BCUT2D eigenvalue weighted by Gasteiger charge is 2.20. The first kappa shape index (κ1) is 8.37. The van der Waals surface area contributed by atoms with E-state index in [0.717, 1.165) is 0 Å². The van der Waals surface area contributed by atoms with Crippen LogP contribution in [0.15, 0.2) is 0 Å². The first-order valence-corrected chi connectivity index (χ1v) is 4.86. The molecule has 2 atom stereocenters. The Hall–Kier alpha value is 0.270. The van der Waals surface area contributed by atoms with Crippen LogP contribution < -0.4 is 5.90 Å². The third kappa shape index (κ3) is 2.15. The minimum atomic E-state index is 0.227. The Kier molecular flexibility index (Phi) is 3.52. The van der Waals surface area contributed by atoms with Gasteiger partial charge in [0.15, 0.2) is 0 Å². The van der Waals surface area contributed by atoms with Crippen molar-refractivity contribution in [2.24, 2.45) is 5.90 Å². The predicted molar refractivity (Wildman–Crippen MR) is 44.8 cm³/mol. The van der Waals surface area contributed by atoms with Crippen LogP contribution in [-0.2, 0) is 4.84 Å². The molecule has 0 spiro atoms. The van der Waals surface area contributed by atoms with E-state index >= 15 is 0 Å². The molecule has 3 heteroatoms. The van der Waals surface area contributed by atoms with E-state index in [-0.39, 0.29) is 6.10 Å². The number of rotatable bonds is 2. The molecule has 60 valence electrons. The standard InChI is InChI=1S/C7H15NOS/c1-6(9-8)7-4-2-3-5-10-7/h6-7H,2-5,8H2,1H3.